The van der Waals surface area contributed by atoms with Gasteiger partial charge in [-0.1, -0.05) is 18.1 Å². The molecule has 2 rings (SSSR count). The highest BCUT2D eigenvalue weighted by atomic mass is 14.6. The molecule has 2 aliphatic carbocycles. The van der Waals surface area contributed by atoms with Crippen molar-refractivity contribution >= 4 is 0 Å². The molecule has 1 fully saturated rings. The highest BCUT2D eigenvalue weighted by Gasteiger charge is 2.24. The van der Waals surface area contributed by atoms with E-state index in [1.165, 1.54) is 32.1 Å². The van der Waals surface area contributed by atoms with Crippen molar-refractivity contribution in [2.24, 2.45) is 11.7 Å². The van der Waals surface area contributed by atoms with Crippen molar-refractivity contribution in [3.05, 3.63) is 11.6 Å². The van der Waals surface area contributed by atoms with Crippen LogP contribution in [-0.4, -0.2) is 6.04 Å². The molecule has 1 saturated carbocycles. The Kier molecular flexibility index (Phi) is 1.53. The first-order valence-electron chi connectivity index (χ1n) is 4.32. The van der Waals surface area contributed by atoms with Gasteiger partial charge in [0.15, 0.2) is 0 Å². The van der Waals surface area contributed by atoms with Crippen LogP contribution in [0.2, 0.25) is 0 Å². The minimum absolute atomic E-state index is 0.385. The lowest BCUT2D eigenvalue weighted by atomic mass is 9.79. The second-order valence-electron chi connectivity index (χ2n) is 3.57. The second-order valence-corrected chi connectivity index (χ2v) is 3.57. The van der Waals surface area contributed by atoms with E-state index in [1.54, 1.807) is 5.57 Å². The topological polar surface area (TPSA) is 26.0 Å². The number of allylic oxidation sites excluding steroid dienone is 1. The molecule has 0 spiro atoms. The van der Waals surface area contributed by atoms with Gasteiger partial charge in [0.2, 0.25) is 0 Å². The van der Waals surface area contributed by atoms with Crippen LogP contribution in [0.5, 0.6) is 0 Å². The van der Waals surface area contributed by atoms with Gasteiger partial charge in [0.05, 0.1) is 0 Å². The van der Waals surface area contributed by atoms with E-state index in [4.69, 9.17) is 5.73 Å². The van der Waals surface area contributed by atoms with E-state index < -0.39 is 0 Å². The normalized spacial score (nSPS) is 33.7. The lowest BCUT2D eigenvalue weighted by Crippen LogP contribution is -2.13. The van der Waals surface area contributed by atoms with Gasteiger partial charge < -0.3 is 5.73 Å². The highest BCUT2D eigenvalue weighted by molar-refractivity contribution is 5.18. The number of hydrogen-bond acceptors (Lipinski definition) is 1. The quantitative estimate of drug-likeness (QED) is 0.548. The van der Waals surface area contributed by atoms with Gasteiger partial charge in [-0.3, -0.25) is 0 Å². The summed E-state index contributed by atoms with van der Waals surface area (Å²) in [6.07, 6.45) is 9.08. The van der Waals surface area contributed by atoms with Crippen molar-refractivity contribution in [1.29, 1.82) is 0 Å². The van der Waals surface area contributed by atoms with E-state index in [-0.39, 0.29) is 0 Å². The van der Waals surface area contributed by atoms with Gasteiger partial charge in [0.25, 0.3) is 0 Å². The molecule has 0 aromatic carbocycles. The maximum absolute atomic E-state index is 5.77. The Labute approximate surface area is 62.3 Å². The molecular formula is C9H15N. The van der Waals surface area contributed by atoms with Crippen LogP contribution in [0, 0.1) is 5.92 Å². The predicted octanol–water partition coefficient (Wildman–Crippen LogP) is 1.83. The smallest absolute Gasteiger partial charge is 0.0229 e. The molecule has 0 radical (unpaired) electrons. The Morgan fingerprint density at radius 1 is 1.30 bits per heavy atom. The summed E-state index contributed by atoms with van der Waals surface area (Å²) in [5, 5.41) is 0. The van der Waals surface area contributed by atoms with Gasteiger partial charge in [-0.2, -0.15) is 0 Å². The molecule has 0 saturated heterocycles. The van der Waals surface area contributed by atoms with Gasteiger partial charge in [-0.05, 0) is 31.6 Å². The Morgan fingerprint density at radius 3 is 2.50 bits per heavy atom. The maximum Gasteiger partial charge on any atom is 0.0229 e. The number of nitrogens with two attached hydrogens (primary N) is 1. The van der Waals surface area contributed by atoms with Gasteiger partial charge in [0, 0.05) is 6.04 Å². The van der Waals surface area contributed by atoms with E-state index in [1.807, 2.05) is 0 Å². The molecular weight excluding hydrogens is 122 g/mol. The third-order valence-electron chi connectivity index (χ3n) is 2.82. The van der Waals surface area contributed by atoms with E-state index in [0.717, 1.165) is 5.92 Å². The van der Waals surface area contributed by atoms with Crippen molar-refractivity contribution in [1.82, 2.24) is 0 Å². The fourth-order valence-corrected chi connectivity index (χ4v) is 1.89. The summed E-state index contributed by atoms with van der Waals surface area (Å²) in [6, 6.07) is 0.385. The molecule has 0 amide bonds. The van der Waals surface area contributed by atoms with Crippen molar-refractivity contribution in [3.63, 3.8) is 0 Å². The summed E-state index contributed by atoms with van der Waals surface area (Å²) in [7, 11) is 0. The Bertz CT molecular complexity index is 156. The summed E-state index contributed by atoms with van der Waals surface area (Å²) in [4.78, 5) is 0. The van der Waals surface area contributed by atoms with Crippen LogP contribution in [0.25, 0.3) is 0 Å². The molecule has 2 N–H and O–H groups in total. The van der Waals surface area contributed by atoms with E-state index in [0.29, 0.717) is 6.04 Å². The van der Waals surface area contributed by atoms with Crippen molar-refractivity contribution in [2.75, 3.05) is 0 Å². The molecule has 0 aliphatic heterocycles. The second kappa shape index (κ2) is 2.39. The van der Waals surface area contributed by atoms with Crippen LogP contribution in [0.15, 0.2) is 11.6 Å². The molecule has 10 heavy (non-hydrogen) atoms. The van der Waals surface area contributed by atoms with Crippen LogP contribution in [0.4, 0.5) is 0 Å². The van der Waals surface area contributed by atoms with E-state index >= 15 is 0 Å². The number of hydrogen-bond donors (Lipinski definition) is 1. The van der Waals surface area contributed by atoms with Crippen LogP contribution in [0.3, 0.4) is 0 Å². The lowest BCUT2D eigenvalue weighted by molar-refractivity contribution is 0.362. The Balaban J connectivity index is 1.97. The summed E-state index contributed by atoms with van der Waals surface area (Å²) in [5.41, 5.74) is 7.43. The summed E-state index contributed by atoms with van der Waals surface area (Å²) in [6.45, 7) is 0. The van der Waals surface area contributed by atoms with E-state index in [2.05, 4.69) is 6.08 Å². The van der Waals surface area contributed by atoms with Crippen molar-refractivity contribution < 1.29 is 0 Å². The average molecular weight is 137 g/mol. The highest BCUT2D eigenvalue weighted by Crippen LogP contribution is 2.37. The molecule has 0 aromatic heterocycles. The molecule has 0 bridgehead atoms. The van der Waals surface area contributed by atoms with Gasteiger partial charge >= 0.3 is 0 Å². The summed E-state index contributed by atoms with van der Waals surface area (Å²) in [5.74, 6) is 0.938. The molecule has 0 heterocycles. The molecule has 1 nitrogen and oxygen atoms in total. The lowest BCUT2D eigenvalue weighted by Gasteiger charge is -2.26. The van der Waals surface area contributed by atoms with Crippen LogP contribution in [-0.2, 0) is 0 Å². The third kappa shape index (κ3) is 0.988. The Hall–Kier alpha value is -0.300. The SMILES string of the molecule is NC1C=C(C2CCC2)CC1. The predicted molar refractivity (Wildman–Crippen MR) is 42.6 cm³/mol. The van der Waals surface area contributed by atoms with Crippen LogP contribution >= 0.6 is 0 Å². The zero-order valence-electron chi connectivity index (χ0n) is 6.34. The fourth-order valence-electron chi connectivity index (χ4n) is 1.89. The zero-order valence-corrected chi connectivity index (χ0v) is 6.34. The van der Waals surface area contributed by atoms with E-state index in [9.17, 15) is 0 Å². The molecule has 1 atom stereocenters. The maximum atomic E-state index is 5.77. The van der Waals surface area contributed by atoms with Crippen LogP contribution in [0.1, 0.15) is 32.1 Å². The minimum atomic E-state index is 0.385. The molecule has 56 valence electrons. The summed E-state index contributed by atoms with van der Waals surface area (Å²) >= 11 is 0. The molecule has 1 unspecified atom stereocenters. The Morgan fingerprint density at radius 2 is 2.10 bits per heavy atom. The first kappa shape index (κ1) is 6.41. The van der Waals surface area contributed by atoms with Gasteiger partial charge in [-0.15, -0.1) is 0 Å². The first-order valence-corrected chi connectivity index (χ1v) is 4.32. The van der Waals surface area contributed by atoms with Crippen molar-refractivity contribution in [2.45, 2.75) is 38.1 Å². The first-order chi connectivity index (χ1) is 4.86. The molecule has 0 aromatic rings. The standard InChI is InChI=1S/C9H15N/c10-9-5-4-8(6-9)7-2-1-3-7/h6-7,9H,1-5,10H2. The fraction of sp³-hybridized carbons (Fsp3) is 0.778. The van der Waals surface area contributed by atoms with Crippen molar-refractivity contribution in [3.8, 4) is 0 Å². The molecule has 1 heteroatoms. The van der Waals surface area contributed by atoms with Gasteiger partial charge in [0.1, 0.15) is 0 Å². The zero-order chi connectivity index (χ0) is 6.97. The minimum Gasteiger partial charge on any atom is -0.324 e. The monoisotopic (exact) mass is 137 g/mol. The largest absolute Gasteiger partial charge is 0.324 e. The summed E-state index contributed by atoms with van der Waals surface area (Å²) < 4.78 is 0. The van der Waals surface area contributed by atoms with Gasteiger partial charge in [-0.25, -0.2) is 0 Å². The number of rotatable bonds is 1. The average Bonchev–Trinajstić information content (AvgIpc) is 2.10. The third-order valence-corrected chi connectivity index (χ3v) is 2.82. The molecule has 2 aliphatic rings. The van der Waals surface area contributed by atoms with Crippen LogP contribution < -0.4 is 5.73 Å².